The Kier molecular flexibility index (Phi) is 4.07. The van der Waals surface area contributed by atoms with Crippen molar-refractivity contribution in [2.75, 3.05) is 11.4 Å². The zero-order chi connectivity index (χ0) is 13.7. The van der Waals surface area contributed by atoms with Gasteiger partial charge in [0.2, 0.25) is 5.82 Å². The summed E-state index contributed by atoms with van der Waals surface area (Å²) in [5, 5.41) is 11.1. The molecule has 0 radical (unpaired) electrons. The molecule has 0 saturated heterocycles. The highest BCUT2D eigenvalue weighted by Gasteiger charge is 2.20. The SMILES string of the molecule is CCCN(c1ccccc1)c1ncccc1[N+](=O)[O-]. The third-order valence-corrected chi connectivity index (χ3v) is 2.73. The first-order valence-corrected chi connectivity index (χ1v) is 6.16. The van der Waals surface area contributed by atoms with Crippen molar-refractivity contribution in [3.8, 4) is 0 Å². The van der Waals surface area contributed by atoms with Crippen LogP contribution in [0.4, 0.5) is 17.2 Å². The van der Waals surface area contributed by atoms with Crippen molar-refractivity contribution < 1.29 is 4.92 Å². The Hall–Kier alpha value is -2.43. The van der Waals surface area contributed by atoms with E-state index in [1.54, 1.807) is 12.3 Å². The molecule has 0 amide bonds. The van der Waals surface area contributed by atoms with E-state index < -0.39 is 4.92 Å². The Morgan fingerprint density at radius 2 is 1.95 bits per heavy atom. The lowest BCUT2D eigenvalue weighted by molar-refractivity contribution is -0.384. The summed E-state index contributed by atoms with van der Waals surface area (Å²) in [5.74, 6) is 0.389. The van der Waals surface area contributed by atoms with E-state index in [1.165, 1.54) is 6.07 Å². The zero-order valence-corrected chi connectivity index (χ0v) is 10.7. The number of aromatic nitrogens is 1. The summed E-state index contributed by atoms with van der Waals surface area (Å²) in [6.45, 7) is 2.71. The first kappa shape index (κ1) is 13.0. The van der Waals surface area contributed by atoms with Gasteiger partial charge in [0, 0.05) is 24.5 Å². The molecule has 0 aliphatic rings. The predicted octanol–water partition coefficient (Wildman–Crippen LogP) is 3.54. The molecule has 0 fully saturated rings. The fourth-order valence-electron chi connectivity index (χ4n) is 1.93. The van der Waals surface area contributed by atoms with Gasteiger partial charge in [0.25, 0.3) is 0 Å². The van der Waals surface area contributed by atoms with Gasteiger partial charge in [0.05, 0.1) is 4.92 Å². The van der Waals surface area contributed by atoms with Crippen LogP contribution >= 0.6 is 0 Å². The van der Waals surface area contributed by atoms with Crippen LogP contribution in [0.5, 0.6) is 0 Å². The Bertz CT molecular complexity index is 558. The van der Waals surface area contributed by atoms with Gasteiger partial charge in [0.1, 0.15) is 0 Å². The molecule has 1 aromatic carbocycles. The summed E-state index contributed by atoms with van der Waals surface area (Å²) in [4.78, 5) is 16.8. The largest absolute Gasteiger partial charge is 0.321 e. The number of pyridine rings is 1. The second-order valence-electron chi connectivity index (χ2n) is 4.09. The molecule has 0 spiro atoms. The van der Waals surface area contributed by atoms with Gasteiger partial charge in [-0.15, -0.1) is 0 Å². The highest BCUT2D eigenvalue weighted by Crippen LogP contribution is 2.31. The molecule has 5 nitrogen and oxygen atoms in total. The Labute approximate surface area is 111 Å². The highest BCUT2D eigenvalue weighted by atomic mass is 16.6. The molecule has 98 valence electrons. The molecule has 1 heterocycles. The van der Waals surface area contributed by atoms with Gasteiger partial charge in [0.15, 0.2) is 0 Å². The number of anilines is 2. The summed E-state index contributed by atoms with van der Waals surface area (Å²) in [5.41, 5.74) is 0.936. The van der Waals surface area contributed by atoms with Crippen molar-refractivity contribution in [3.05, 3.63) is 58.8 Å². The zero-order valence-electron chi connectivity index (χ0n) is 10.7. The van der Waals surface area contributed by atoms with Crippen molar-refractivity contribution in [2.24, 2.45) is 0 Å². The molecule has 0 bridgehead atoms. The molecule has 0 aliphatic carbocycles. The third kappa shape index (κ3) is 2.88. The monoisotopic (exact) mass is 257 g/mol. The number of hydrogen-bond donors (Lipinski definition) is 0. The fraction of sp³-hybridized carbons (Fsp3) is 0.214. The van der Waals surface area contributed by atoms with Crippen LogP contribution in [0, 0.1) is 10.1 Å². The minimum absolute atomic E-state index is 0.0276. The fourth-order valence-corrected chi connectivity index (χ4v) is 1.93. The molecule has 2 rings (SSSR count). The first-order valence-electron chi connectivity index (χ1n) is 6.16. The molecule has 19 heavy (non-hydrogen) atoms. The second kappa shape index (κ2) is 5.95. The Morgan fingerprint density at radius 3 is 2.58 bits per heavy atom. The molecular formula is C14H15N3O2. The van der Waals surface area contributed by atoms with Gasteiger partial charge in [-0.1, -0.05) is 25.1 Å². The number of nitrogens with zero attached hydrogens (tertiary/aromatic N) is 3. The quantitative estimate of drug-likeness (QED) is 0.607. The minimum Gasteiger partial charge on any atom is -0.321 e. The van der Waals surface area contributed by atoms with E-state index in [9.17, 15) is 10.1 Å². The maximum absolute atomic E-state index is 11.1. The number of hydrogen-bond acceptors (Lipinski definition) is 4. The lowest BCUT2D eigenvalue weighted by atomic mass is 10.2. The summed E-state index contributed by atoms with van der Waals surface area (Å²) < 4.78 is 0. The van der Waals surface area contributed by atoms with Gasteiger partial charge in [-0.25, -0.2) is 4.98 Å². The molecule has 5 heteroatoms. The Morgan fingerprint density at radius 1 is 1.21 bits per heavy atom. The molecular weight excluding hydrogens is 242 g/mol. The average molecular weight is 257 g/mol. The minimum atomic E-state index is -0.395. The van der Waals surface area contributed by atoms with Crippen molar-refractivity contribution in [2.45, 2.75) is 13.3 Å². The van der Waals surface area contributed by atoms with E-state index in [1.807, 2.05) is 42.2 Å². The van der Waals surface area contributed by atoms with E-state index in [0.717, 1.165) is 12.1 Å². The van der Waals surface area contributed by atoms with E-state index in [4.69, 9.17) is 0 Å². The number of para-hydroxylation sites is 1. The second-order valence-corrected chi connectivity index (χ2v) is 4.09. The number of benzene rings is 1. The van der Waals surface area contributed by atoms with Crippen LogP contribution in [0.3, 0.4) is 0 Å². The molecule has 0 saturated carbocycles. The van der Waals surface area contributed by atoms with Crippen LogP contribution in [-0.4, -0.2) is 16.5 Å². The molecule has 0 aliphatic heterocycles. The first-order chi connectivity index (χ1) is 9.24. The van der Waals surface area contributed by atoms with E-state index in [2.05, 4.69) is 4.98 Å². The van der Waals surface area contributed by atoms with E-state index in [-0.39, 0.29) is 5.69 Å². The van der Waals surface area contributed by atoms with Crippen molar-refractivity contribution >= 4 is 17.2 Å². The van der Waals surface area contributed by atoms with Gasteiger partial charge >= 0.3 is 5.69 Å². The normalized spacial score (nSPS) is 10.2. The molecule has 1 aromatic heterocycles. The van der Waals surface area contributed by atoms with Gasteiger partial charge < -0.3 is 4.90 Å². The lowest BCUT2D eigenvalue weighted by Gasteiger charge is -2.22. The van der Waals surface area contributed by atoms with Crippen LogP contribution in [0.2, 0.25) is 0 Å². The van der Waals surface area contributed by atoms with Crippen LogP contribution in [0.1, 0.15) is 13.3 Å². The van der Waals surface area contributed by atoms with Crippen LogP contribution in [0.15, 0.2) is 48.7 Å². The van der Waals surface area contributed by atoms with Gasteiger partial charge in [-0.3, -0.25) is 10.1 Å². The topological polar surface area (TPSA) is 59.3 Å². The van der Waals surface area contributed by atoms with Crippen LogP contribution in [0.25, 0.3) is 0 Å². The smallest absolute Gasteiger partial charge is 0.311 e. The van der Waals surface area contributed by atoms with Crippen molar-refractivity contribution in [1.82, 2.24) is 4.98 Å². The van der Waals surface area contributed by atoms with Crippen LogP contribution in [-0.2, 0) is 0 Å². The number of rotatable bonds is 5. The van der Waals surface area contributed by atoms with Gasteiger partial charge in [-0.05, 0) is 24.6 Å². The molecule has 0 unspecified atom stereocenters. The molecule has 0 N–H and O–H groups in total. The third-order valence-electron chi connectivity index (χ3n) is 2.73. The molecule has 2 aromatic rings. The predicted molar refractivity (Wildman–Crippen MR) is 74.6 cm³/mol. The van der Waals surface area contributed by atoms with Crippen molar-refractivity contribution in [1.29, 1.82) is 0 Å². The average Bonchev–Trinajstić information content (AvgIpc) is 2.45. The lowest BCUT2D eigenvalue weighted by Crippen LogP contribution is -2.20. The van der Waals surface area contributed by atoms with E-state index >= 15 is 0 Å². The highest BCUT2D eigenvalue weighted by molar-refractivity contribution is 5.67. The maximum atomic E-state index is 11.1. The summed E-state index contributed by atoms with van der Waals surface area (Å²) in [7, 11) is 0. The summed E-state index contributed by atoms with van der Waals surface area (Å²) in [6, 6.07) is 12.6. The number of nitro groups is 1. The van der Waals surface area contributed by atoms with E-state index in [0.29, 0.717) is 12.4 Å². The van der Waals surface area contributed by atoms with Gasteiger partial charge in [-0.2, -0.15) is 0 Å². The summed E-state index contributed by atoms with van der Waals surface area (Å²) in [6.07, 6.45) is 2.45. The van der Waals surface area contributed by atoms with Crippen molar-refractivity contribution in [3.63, 3.8) is 0 Å². The Balaban J connectivity index is 2.48. The standard InChI is InChI=1S/C14H15N3O2/c1-2-11-16(12-7-4-3-5-8-12)14-13(17(18)19)9-6-10-15-14/h3-10H,2,11H2,1H3. The maximum Gasteiger partial charge on any atom is 0.311 e. The van der Waals surface area contributed by atoms with Crippen LogP contribution < -0.4 is 4.90 Å². The molecule has 0 atom stereocenters. The summed E-state index contributed by atoms with van der Waals surface area (Å²) >= 11 is 0.